The molecule has 1 aliphatic heterocycles. The molecule has 0 aromatic carbocycles. The second-order valence-electron chi connectivity index (χ2n) is 5.02. The number of morpholine rings is 1. The highest BCUT2D eigenvalue weighted by molar-refractivity contribution is 5.09. The van der Waals surface area contributed by atoms with E-state index in [0.29, 0.717) is 6.04 Å². The fourth-order valence-corrected chi connectivity index (χ4v) is 2.22. The van der Waals surface area contributed by atoms with Crippen LogP contribution in [0.4, 0.5) is 0 Å². The first-order valence-corrected chi connectivity index (χ1v) is 6.66. The lowest BCUT2D eigenvalue weighted by Gasteiger charge is -2.26. The summed E-state index contributed by atoms with van der Waals surface area (Å²) in [5.41, 5.74) is 2.23. The molecular formula is C14H23N3O. The van der Waals surface area contributed by atoms with Crippen LogP contribution in [0.3, 0.4) is 0 Å². The van der Waals surface area contributed by atoms with Crippen molar-refractivity contribution in [3.05, 3.63) is 29.6 Å². The zero-order valence-electron chi connectivity index (χ0n) is 11.4. The van der Waals surface area contributed by atoms with Gasteiger partial charge >= 0.3 is 0 Å². The summed E-state index contributed by atoms with van der Waals surface area (Å²) < 4.78 is 5.46. The van der Waals surface area contributed by atoms with Gasteiger partial charge in [-0.2, -0.15) is 0 Å². The number of ether oxygens (including phenoxy) is 1. The van der Waals surface area contributed by atoms with Crippen LogP contribution < -0.4 is 5.32 Å². The van der Waals surface area contributed by atoms with Crippen LogP contribution >= 0.6 is 0 Å². The van der Waals surface area contributed by atoms with E-state index >= 15 is 0 Å². The Balaban J connectivity index is 1.72. The second kappa shape index (κ2) is 6.83. The lowest BCUT2D eigenvalue weighted by atomic mass is 10.2. The molecule has 0 bridgehead atoms. The van der Waals surface area contributed by atoms with Gasteiger partial charge in [0.2, 0.25) is 0 Å². The normalized spacial score (nSPS) is 20.3. The van der Waals surface area contributed by atoms with Crippen molar-refractivity contribution in [2.45, 2.75) is 25.9 Å². The maximum Gasteiger partial charge on any atom is 0.0620 e. The van der Waals surface area contributed by atoms with Crippen LogP contribution in [0.1, 0.15) is 17.8 Å². The lowest BCUT2D eigenvalue weighted by Crippen LogP contribution is -2.42. The zero-order chi connectivity index (χ0) is 12.8. The zero-order valence-corrected chi connectivity index (χ0v) is 11.4. The van der Waals surface area contributed by atoms with Gasteiger partial charge in [0.15, 0.2) is 0 Å². The highest BCUT2D eigenvalue weighted by atomic mass is 16.5. The smallest absolute Gasteiger partial charge is 0.0620 e. The Kier molecular flexibility index (Phi) is 5.11. The summed E-state index contributed by atoms with van der Waals surface area (Å²) in [6, 6.07) is 6.70. The molecule has 1 N–H and O–H groups in total. The predicted octanol–water partition coefficient (Wildman–Crippen LogP) is 1.20. The summed E-state index contributed by atoms with van der Waals surface area (Å²) in [6.07, 6.45) is 1.13. The van der Waals surface area contributed by atoms with Crippen LogP contribution in [0.15, 0.2) is 18.2 Å². The van der Waals surface area contributed by atoms with Crippen molar-refractivity contribution >= 4 is 0 Å². The number of hydrogen-bond acceptors (Lipinski definition) is 4. The lowest BCUT2D eigenvalue weighted by molar-refractivity contribution is 0.0707. The minimum atomic E-state index is 0.506. The van der Waals surface area contributed by atoms with Crippen molar-refractivity contribution in [3.8, 4) is 0 Å². The summed E-state index contributed by atoms with van der Waals surface area (Å²) in [5.74, 6) is 0. The van der Waals surface area contributed by atoms with Crippen LogP contribution in [-0.2, 0) is 11.3 Å². The van der Waals surface area contributed by atoms with E-state index in [1.54, 1.807) is 0 Å². The highest BCUT2D eigenvalue weighted by Gasteiger charge is 2.13. The van der Waals surface area contributed by atoms with Gasteiger partial charge < -0.3 is 15.0 Å². The first-order valence-electron chi connectivity index (χ1n) is 6.66. The minimum absolute atomic E-state index is 0.506. The third kappa shape index (κ3) is 4.37. The van der Waals surface area contributed by atoms with E-state index in [-0.39, 0.29) is 0 Å². The molecule has 1 atom stereocenters. The Morgan fingerprint density at radius 1 is 1.50 bits per heavy atom. The van der Waals surface area contributed by atoms with Gasteiger partial charge in [-0.1, -0.05) is 6.07 Å². The van der Waals surface area contributed by atoms with Crippen molar-refractivity contribution in [1.29, 1.82) is 0 Å². The molecule has 1 fully saturated rings. The third-order valence-electron chi connectivity index (χ3n) is 3.24. The predicted molar refractivity (Wildman–Crippen MR) is 72.5 cm³/mol. The molecule has 0 radical (unpaired) electrons. The molecule has 1 aromatic heterocycles. The van der Waals surface area contributed by atoms with Crippen LogP contribution in [0.5, 0.6) is 0 Å². The minimum Gasteiger partial charge on any atom is -0.379 e. The van der Waals surface area contributed by atoms with Crippen molar-refractivity contribution in [2.24, 2.45) is 0 Å². The van der Waals surface area contributed by atoms with Gasteiger partial charge in [0.1, 0.15) is 0 Å². The van der Waals surface area contributed by atoms with Crippen molar-refractivity contribution in [2.75, 3.05) is 33.4 Å². The summed E-state index contributed by atoms with van der Waals surface area (Å²) in [5, 5.41) is 3.48. The number of nitrogens with one attached hydrogen (secondary N) is 1. The van der Waals surface area contributed by atoms with Gasteiger partial charge in [0.05, 0.1) is 18.9 Å². The Labute approximate surface area is 109 Å². The summed E-state index contributed by atoms with van der Waals surface area (Å²) in [4.78, 5) is 6.84. The molecule has 1 unspecified atom stereocenters. The van der Waals surface area contributed by atoms with Crippen LogP contribution in [0.2, 0.25) is 0 Å². The standard InChI is InChI=1S/C14H23N3O/c1-12-4-3-5-13(16-12)10-17(2)8-6-14-11-18-9-7-15-14/h3-5,14-15H,6-11H2,1-2H3. The molecular weight excluding hydrogens is 226 g/mol. The van der Waals surface area contributed by atoms with E-state index in [4.69, 9.17) is 4.74 Å². The molecule has 100 valence electrons. The molecule has 1 aromatic rings. The van der Waals surface area contributed by atoms with E-state index in [0.717, 1.165) is 50.7 Å². The Morgan fingerprint density at radius 2 is 2.39 bits per heavy atom. The van der Waals surface area contributed by atoms with Gasteiger partial charge in [-0.3, -0.25) is 4.98 Å². The molecule has 1 saturated heterocycles. The molecule has 4 nitrogen and oxygen atoms in total. The summed E-state index contributed by atoms with van der Waals surface area (Å²) in [7, 11) is 2.15. The number of aryl methyl sites for hydroxylation is 1. The molecule has 2 heterocycles. The van der Waals surface area contributed by atoms with Gasteiger partial charge in [-0.25, -0.2) is 0 Å². The summed E-state index contributed by atoms with van der Waals surface area (Å²) in [6.45, 7) is 6.68. The third-order valence-corrected chi connectivity index (χ3v) is 3.24. The van der Waals surface area contributed by atoms with Crippen molar-refractivity contribution in [1.82, 2.24) is 15.2 Å². The van der Waals surface area contributed by atoms with Crippen LogP contribution in [0.25, 0.3) is 0 Å². The number of hydrogen-bond donors (Lipinski definition) is 1. The highest BCUT2D eigenvalue weighted by Crippen LogP contribution is 2.04. The quantitative estimate of drug-likeness (QED) is 0.851. The molecule has 0 aliphatic carbocycles. The average Bonchev–Trinajstić information content (AvgIpc) is 2.38. The number of rotatable bonds is 5. The second-order valence-corrected chi connectivity index (χ2v) is 5.02. The van der Waals surface area contributed by atoms with E-state index in [9.17, 15) is 0 Å². The fraction of sp³-hybridized carbons (Fsp3) is 0.643. The number of nitrogens with zero attached hydrogens (tertiary/aromatic N) is 2. The van der Waals surface area contributed by atoms with E-state index in [1.807, 2.05) is 13.0 Å². The topological polar surface area (TPSA) is 37.4 Å². The van der Waals surface area contributed by atoms with Crippen LogP contribution in [-0.4, -0.2) is 49.3 Å². The molecule has 0 saturated carbocycles. The Hall–Kier alpha value is -0.970. The van der Waals surface area contributed by atoms with Gasteiger partial charge in [0, 0.05) is 24.8 Å². The van der Waals surface area contributed by atoms with Gasteiger partial charge in [-0.05, 0) is 39.1 Å². The fourth-order valence-electron chi connectivity index (χ4n) is 2.22. The Bertz CT molecular complexity index is 364. The van der Waals surface area contributed by atoms with Crippen LogP contribution in [0, 0.1) is 6.92 Å². The first kappa shape index (κ1) is 13.5. The van der Waals surface area contributed by atoms with Gasteiger partial charge in [-0.15, -0.1) is 0 Å². The van der Waals surface area contributed by atoms with E-state index in [2.05, 4.69) is 34.4 Å². The van der Waals surface area contributed by atoms with E-state index in [1.165, 1.54) is 0 Å². The number of pyridine rings is 1. The molecule has 4 heteroatoms. The monoisotopic (exact) mass is 249 g/mol. The summed E-state index contributed by atoms with van der Waals surface area (Å²) >= 11 is 0. The Morgan fingerprint density at radius 3 is 3.11 bits per heavy atom. The van der Waals surface area contributed by atoms with E-state index < -0.39 is 0 Å². The molecule has 0 spiro atoms. The molecule has 1 aliphatic rings. The average molecular weight is 249 g/mol. The first-order chi connectivity index (χ1) is 8.74. The van der Waals surface area contributed by atoms with Crippen molar-refractivity contribution < 1.29 is 4.74 Å². The molecule has 18 heavy (non-hydrogen) atoms. The van der Waals surface area contributed by atoms with Crippen molar-refractivity contribution in [3.63, 3.8) is 0 Å². The SMILES string of the molecule is Cc1cccc(CN(C)CCC2COCCN2)n1. The molecule has 2 rings (SSSR count). The number of aromatic nitrogens is 1. The maximum absolute atomic E-state index is 5.46. The largest absolute Gasteiger partial charge is 0.379 e. The molecule has 0 amide bonds. The van der Waals surface area contributed by atoms with Gasteiger partial charge in [0.25, 0.3) is 0 Å². The maximum atomic E-state index is 5.46.